The summed E-state index contributed by atoms with van der Waals surface area (Å²) in [7, 11) is 0. The number of amides is 1. The van der Waals surface area contributed by atoms with Crippen molar-refractivity contribution >= 4 is 5.91 Å². The Labute approximate surface area is 144 Å². The molecule has 1 aliphatic rings. The summed E-state index contributed by atoms with van der Waals surface area (Å²) >= 11 is 0. The Hall–Kier alpha value is -2.93. The molecule has 2 aromatic heterocycles. The van der Waals surface area contributed by atoms with Gasteiger partial charge in [-0.2, -0.15) is 10.2 Å². The van der Waals surface area contributed by atoms with E-state index in [1.807, 2.05) is 37.4 Å². The number of fused-ring (bicyclic) bond motifs is 1. The third-order valence-corrected chi connectivity index (χ3v) is 4.64. The Kier molecular flexibility index (Phi) is 3.85. The Balaban J connectivity index is 1.54. The van der Waals surface area contributed by atoms with E-state index in [4.69, 9.17) is 0 Å². The zero-order chi connectivity index (χ0) is 17.4. The summed E-state index contributed by atoms with van der Waals surface area (Å²) in [6.45, 7) is 2.75. The normalized spacial score (nSPS) is 19.0. The Morgan fingerprint density at radius 3 is 3.00 bits per heavy atom. The number of carbonyl (C=O) groups excluding carboxylic acids is 1. The van der Waals surface area contributed by atoms with Crippen LogP contribution in [0.5, 0.6) is 0 Å². The van der Waals surface area contributed by atoms with Crippen LogP contribution >= 0.6 is 0 Å². The lowest BCUT2D eigenvalue weighted by Crippen LogP contribution is -2.37. The minimum atomic E-state index is -0.696. The molecule has 0 unspecified atom stereocenters. The van der Waals surface area contributed by atoms with Gasteiger partial charge in [0, 0.05) is 18.3 Å². The molecule has 2 heterocycles. The molecule has 128 valence electrons. The largest absolute Gasteiger partial charge is 0.386 e. The molecule has 1 amide bonds. The van der Waals surface area contributed by atoms with Gasteiger partial charge in [-0.05, 0) is 24.5 Å². The Bertz CT molecular complexity index is 914. The lowest BCUT2D eigenvalue weighted by molar-refractivity contribution is 0.0859. The predicted octanol–water partition coefficient (Wildman–Crippen LogP) is 1.68. The molecule has 7 heteroatoms. The molecule has 0 radical (unpaired) electrons. The number of H-pyrrole nitrogens is 1. The lowest BCUT2D eigenvalue weighted by atomic mass is 10.1. The highest BCUT2D eigenvalue weighted by atomic mass is 16.3. The first-order valence-corrected chi connectivity index (χ1v) is 8.30. The van der Waals surface area contributed by atoms with E-state index in [0.29, 0.717) is 17.7 Å². The second-order valence-electron chi connectivity index (χ2n) is 6.17. The van der Waals surface area contributed by atoms with Crippen molar-refractivity contribution in [3.05, 3.63) is 59.5 Å². The van der Waals surface area contributed by atoms with Crippen LogP contribution in [0.2, 0.25) is 0 Å². The zero-order valence-electron chi connectivity index (χ0n) is 13.8. The smallest absolute Gasteiger partial charge is 0.255 e. The quantitative estimate of drug-likeness (QED) is 0.675. The van der Waals surface area contributed by atoms with Crippen LogP contribution in [0.3, 0.4) is 0 Å². The first-order valence-electron chi connectivity index (χ1n) is 8.30. The van der Waals surface area contributed by atoms with Gasteiger partial charge in [0.05, 0.1) is 35.8 Å². The Morgan fingerprint density at radius 1 is 1.40 bits per heavy atom. The van der Waals surface area contributed by atoms with E-state index in [2.05, 4.69) is 20.6 Å². The molecule has 0 aliphatic heterocycles. The molecular weight excluding hydrogens is 318 g/mol. The van der Waals surface area contributed by atoms with Crippen LogP contribution in [-0.4, -0.2) is 37.0 Å². The number of nitrogens with one attached hydrogen (secondary N) is 2. The van der Waals surface area contributed by atoms with Gasteiger partial charge in [0.1, 0.15) is 0 Å². The van der Waals surface area contributed by atoms with Crippen molar-refractivity contribution in [1.29, 1.82) is 0 Å². The van der Waals surface area contributed by atoms with Crippen molar-refractivity contribution in [2.45, 2.75) is 32.0 Å². The highest BCUT2D eigenvalue weighted by Crippen LogP contribution is 2.31. The third-order valence-electron chi connectivity index (χ3n) is 4.64. The summed E-state index contributed by atoms with van der Waals surface area (Å²) in [6, 6.07) is 7.37. The van der Waals surface area contributed by atoms with Crippen molar-refractivity contribution in [3.63, 3.8) is 0 Å². The van der Waals surface area contributed by atoms with Gasteiger partial charge in [-0.1, -0.05) is 24.3 Å². The van der Waals surface area contributed by atoms with Gasteiger partial charge in [0.15, 0.2) is 0 Å². The lowest BCUT2D eigenvalue weighted by Gasteiger charge is -2.16. The molecule has 1 aromatic carbocycles. The number of hydrogen-bond acceptors (Lipinski definition) is 4. The van der Waals surface area contributed by atoms with Crippen LogP contribution in [-0.2, 0) is 13.0 Å². The van der Waals surface area contributed by atoms with E-state index in [0.717, 1.165) is 23.2 Å². The summed E-state index contributed by atoms with van der Waals surface area (Å²) in [6.07, 6.45) is 4.99. The van der Waals surface area contributed by atoms with Crippen molar-refractivity contribution in [1.82, 2.24) is 25.3 Å². The molecule has 7 nitrogen and oxygen atoms in total. The third kappa shape index (κ3) is 2.72. The first kappa shape index (κ1) is 15.6. The SMILES string of the molecule is CCn1cc(-c2[nH]ncc2C(=O)N[C@@H]2Cc3ccccc3[C@H]2O)cn1. The van der Waals surface area contributed by atoms with Crippen LogP contribution in [0, 0.1) is 0 Å². The first-order chi connectivity index (χ1) is 12.2. The summed E-state index contributed by atoms with van der Waals surface area (Å²) < 4.78 is 1.79. The van der Waals surface area contributed by atoms with Crippen LogP contribution in [0.25, 0.3) is 11.3 Å². The second-order valence-corrected chi connectivity index (χ2v) is 6.17. The fraction of sp³-hybridized carbons (Fsp3) is 0.278. The van der Waals surface area contributed by atoms with E-state index in [1.165, 1.54) is 6.20 Å². The maximum Gasteiger partial charge on any atom is 0.255 e. The van der Waals surface area contributed by atoms with Crippen LogP contribution in [0.4, 0.5) is 0 Å². The average molecular weight is 337 g/mol. The van der Waals surface area contributed by atoms with Gasteiger partial charge in [-0.3, -0.25) is 14.6 Å². The average Bonchev–Trinajstić information content (AvgIpc) is 3.34. The van der Waals surface area contributed by atoms with E-state index >= 15 is 0 Å². The molecule has 0 fully saturated rings. The molecule has 0 spiro atoms. The predicted molar refractivity (Wildman–Crippen MR) is 91.8 cm³/mol. The van der Waals surface area contributed by atoms with E-state index in [-0.39, 0.29) is 11.9 Å². The molecule has 1 aliphatic carbocycles. The zero-order valence-corrected chi connectivity index (χ0v) is 13.8. The van der Waals surface area contributed by atoms with E-state index in [1.54, 1.807) is 10.9 Å². The number of aliphatic hydroxyl groups excluding tert-OH is 1. The summed E-state index contributed by atoms with van der Waals surface area (Å²) in [5, 5.41) is 24.5. The topological polar surface area (TPSA) is 95.8 Å². The van der Waals surface area contributed by atoms with Gasteiger partial charge in [-0.25, -0.2) is 0 Å². The number of aromatic amines is 1. The molecule has 4 rings (SSSR count). The minimum Gasteiger partial charge on any atom is -0.386 e. The monoisotopic (exact) mass is 337 g/mol. The Morgan fingerprint density at radius 2 is 2.24 bits per heavy atom. The highest BCUT2D eigenvalue weighted by Gasteiger charge is 2.32. The van der Waals surface area contributed by atoms with E-state index < -0.39 is 6.10 Å². The second kappa shape index (κ2) is 6.18. The molecule has 2 atom stereocenters. The maximum absolute atomic E-state index is 12.7. The molecule has 0 bridgehead atoms. The summed E-state index contributed by atoms with van der Waals surface area (Å²) in [5.41, 5.74) is 3.82. The van der Waals surface area contributed by atoms with E-state index in [9.17, 15) is 9.90 Å². The van der Waals surface area contributed by atoms with Crippen LogP contribution < -0.4 is 5.32 Å². The fourth-order valence-electron chi connectivity index (χ4n) is 3.29. The standard InChI is InChI=1S/C18H19N5O2/c1-2-23-10-12(8-20-23)16-14(9-19-22-16)18(25)21-15-7-11-5-3-4-6-13(11)17(15)24/h3-6,8-10,15,17,24H,2,7H2,1H3,(H,19,22)(H,21,25)/t15-,17-/m1/s1. The molecule has 0 saturated heterocycles. The molecule has 3 N–H and O–H groups in total. The number of aliphatic hydroxyl groups is 1. The number of hydrogen-bond donors (Lipinski definition) is 3. The maximum atomic E-state index is 12.7. The van der Waals surface area contributed by atoms with Gasteiger partial charge < -0.3 is 10.4 Å². The van der Waals surface area contributed by atoms with Crippen molar-refractivity contribution in [2.24, 2.45) is 0 Å². The van der Waals surface area contributed by atoms with Crippen molar-refractivity contribution < 1.29 is 9.90 Å². The summed E-state index contributed by atoms with van der Waals surface area (Å²) in [4.78, 5) is 12.7. The minimum absolute atomic E-state index is 0.259. The molecule has 0 saturated carbocycles. The highest BCUT2D eigenvalue weighted by molar-refractivity contribution is 5.99. The number of aromatic nitrogens is 4. The van der Waals surface area contributed by atoms with Crippen LogP contribution in [0.1, 0.15) is 34.5 Å². The number of aryl methyl sites for hydroxylation is 1. The van der Waals surface area contributed by atoms with Crippen molar-refractivity contribution in [2.75, 3.05) is 0 Å². The number of nitrogens with zero attached hydrogens (tertiary/aromatic N) is 3. The number of rotatable bonds is 4. The van der Waals surface area contributed by atoms with Gasteiger partial charge in [0.25, 0.3) is 5.91 Å². The van der Waals surface area contributed by atoms with Crippen molar-refractivity contribution in [3.8, 4) is 11.3 Å². The fourth-order valence-corrected chi connectivity index (χ4v) is 3.29. The summed E-state index contributed by atoms with van der Waals surface area (Å²) in [5.74, 6) is -0.259. The van der Waals surface area contributed by atoms with Gasteiger partial charge >= 0.3 is 0 Å². The molecule has 3 aromatic rings. The van der Waals surface area contributed by atoms with Gasteiger partial charge in [-0.15, -0.1) is 0 Å². The van der Waals surface area contributed by atoms with Crippen LogP contribution in [0.15, 0.2) is 42.9 Å². The number of carbonyl (C=O) groups is 1. The molecular formula is C18H19N5O2. The van der Waals surface area contributed by atoms with Gasteiger partial charge in [0.2, 0.25) is 0 Å². The molecule has 25 heavy (non-hydrogen) atoms. The number of benzene rings is 1.